The molecule has 2 rings (SSSR count). The van der Waals surface area contributed by atoms with Gasteiger partial charge in [-0.05, 0) is 13.8 Å². The Kier molecular flexibility index (Phi) is 4.27. The molecule has 1 aliphatic rings. The summed E-state index contributed by atoms with van der Waals surface area (Å²) < 4.78 is 7.51. The van der Waals surface area contributed by atoms with Gasteiger partial charge in [0.25, 0.3) is 0 Å². The van der Waals surface area contributed by atoms with Gasteiger partial charge in [0, 0.05) is 26.2 Å². The standard InChI is InChI=1S/C12H21ClN4O/c1-8(2)17-4-5-18-10(7-17)11(14)12-9(13)6-15-16(12)3/h6,8,10-11H,4-5,7,14H2,1-3H3. The Morgan fingerprint density at radius 1 is 1.56 bits per heavy atom. The van der Waals surface area contributed by atoms with Crippen molar-refractivity contribution < 1.29 is 4.74 Å². The van der Waals surface area contributed by atoms with Gasteiger partial charge in [-0.1, -0.05) is 11.6 Å². The van der Waals surface area contributed by atoms with Gasteiger partial charge in [0.1, 0.15) is 0 Å². The van der Waals surface area contributed by atoms with Gasteiger partial charge in [0.15, 0.2) is 0 Å². The van der Waals surface area contributed by atoms with Gasteiger partial charge in [-0.15, -0.1) is 0 Å². The number of rotatable bonds is 3. The van der Waals surface area contributed by atoms with Gasteiger partial charge in [-0.3, -0.25) is 9.58 Å². The number of ether oxygens (including phenoxy) is 1. The van der Waals surface area contributed by atoms with E-state index in [0.29, 0.717) is 17.7 Å². The summed E-state index contributed by atoms with van der Waals surface area (Å²) in [4.78, 5) is 2.37. The van der Waals surface area contributed by atoms with E-state index in [1.165, 1.54) is 0 Å². The van der Waals surface area contributed by atoms with E-state index in [1.54, 1.807) is 10.9 Å². The maximum Gasteiger partial charge on any atom is 0.0910 e. The van der Waals surface area contributed by atoms with Crippen LogP contribution in [0.3, 0.4) is 0 Å². The van der Waals surface area contributed by atoms with Crippen LogP contribution in [0.4, 0.5) is 0 Å². The summed E-state index contributed by atoms with van der Waals surface area (Å²) in [5.74, 6) is 0. The van der Waals surface area contributed by atoms with Crippen LogP contribution in [-0.4, -0.2) is 46.5 Å². The fourth-order valence-electron chi connectivity index (χ4n) is 2.35. The van der Waals surface area contributed by atoms with Crippen molar-refractivity contribution >= 4 is 11.6 Å². The summed E-state index contributed by atoms with van der Waals surface area (Å²) in [7, 11) is 1.85. The number of morpholine rings is 1. The van der Waals surface area contributed by atoms with Crippen LogP contribution in [0.25, 0.3) is 0 Å². The van der Waals surface area contributed by atoms with E-state index in [-0.39, 0.29) is 12.1 Å². The molecule has 2 heterocycles. The molecule has 5 nitrogen and oxygen atoms in total. The molecule has 1 aliphatic heterocycles. The molecule has 0 amide bonds. The summed E-state index contributed by atoms with van der Waals surface area (Å²) in [6, 6.07) is 0.261. The molecule has 18 heavy (non-hydrogen) atoms. The third-order valence-corrected chi connectivity index (χ3v) is 3.80. The molecule has 0 aromatic carbocycles. The van der Waals surface area contributed by atoms with Crippen molar-refractivity contribution in [2.45, 2.75) is 32.0 Å². The summed E-state index contributed by atoms with van der Waals surface area (Å²) in [6.07, 6.45) is 1.59. The highest BCUT2D eigenvalue weighted by atomic mass is 35.5. The van der Waals surface area contributed by atoms with E-state index < -0.39 is 0 Å². The maximum atomic E-state index is 6.28. The summed E-state index contributed by atoms with van der Waals surface area (Å²) >= 11 is 6.13. The summed E-state index contributed by atoms with van der Waals surface area (Å²) in [5.41, 5.74) is 7.12. The van der Waals surface area contributed by atoms with Crippen LogP contribution in [0.1, 0.15) is 25.6 Å². The number of hydrogen-bond donors (Lipinski definition) is 1. The molecule has 1 aromatic heterocycles. The Hall–Kier alpha value is -0.620. The highest BCUT2D eigenvalue weighted by molar-refractivity contribution is 6.31. The van der Waals surface area contributed by atoms with Crippen LogP contribution in [0.5, 0.6) is 0 Å². The van der Waals surface area contributed by atoms with Gasteiger partial charge in [0.05, 0.1) is 35.7 Å². The molecule has 0 saturated carbocycles. The first kappa shape index (κ1) is 13.8. The number of aryl methyl sites for hydroxylation is 1. The van der Waals surface area contributed by atoms with E-state index in [4.69, 9.17) is 22.1 Å². The predicted octanol–water partition coefficient (Wildman–Crippen LogP) is 1.18. The van der Waals surface area contributed by atoms with Crippen LogP contribution < -0.4 is 5.73 Å². The van der Waals surface area contributed by atoms with Gasteiger partial charge in [-0.2, -0.15) is 5.10 Å². The monoisotopic (exact) mass is 272 g/mol. The second-order valence-corrected chi connectivity index (χ2v) is 5.43. The lowest BCUT2D eigenvalue weighted by Gasteiger charge is -2.37. The van der Waals surface area contributed by atoms with Gasteiger partial charge in [0.2, 0.25) is 0 Å². The van der Waals surface area contributed by atoms with Crippen molar-refractivity contribution in [2.24, 2.45) is 12.8 Å². The zero-order valence-corrected chi connectivity index (χ0v) is 11.9. The smallest absolute Gasteiger partial charge is 0.0910 e. The van der Waals surface area contributed by atoms with Crippen molar-refractivity contribution in [3.8, 4) is 0 Å². The van der Waals surface area contributed by atoms with E-state index >= 15 is 0 Å². The second kappa shape index (κ2) is 5.57. The number of hydrogen-bond acceptors (Lipinski definition) is 4. The Labute approximate surface area is 113 Å². The fraction of sp³-hybridized carbons (Fsp3) is 0.750. The molecule has 1 aromatic rings. The Balaban J connectivity index is 2.11. The van der Waals surface area contributed by atoms with Crippen molar-refractivity contribution in [3.63, 3.8) is 0 Å². The topological polar surface area (TPSA) is 56.3 Å². The number of halogens is 1. The van der Waals surface area contributed by atoms with Gasteiger partial charge >= 0.3 is 0 Å². The molecule has 2 atom stereocenters. The number of nitrogens with two attached hydrogens (primary N) is 1. The molecule has 0 bridgehead atoms. The van der Waals surface area contributed by atoms with E-state index in [1.807, 2.05) is 7.05 Å². The molecule has 6 heteroatoms. The minimum Gasteiger partial charge on any atom is -0.374 e. The van der Waals surface area contributed by atoms with Crippen LogP contribution in [0.2, 0.25) is 5.02 Å². The third kappa shape index (κ3) is 2.69. The zero-order chi connectivity index (χ0) is 13.3. The van der Waals surface area contributed by atoms with E-state index in [9.17, 15) is 0 Å². The number of nitrogens with zero attached hydrogens (tertiary/aromatic N) is 3. The Morgan fingerprint density at radius 2 is 2.28 bits per heavy atom. The molecule has 102 valence electrons. The van der Waals surface area contributed by atoms with Crippen molar-refractivity contribution in [3.05, 3.63) is 16.9 Å². The highest BCUT2D eigenvalue weighted by Gasteiger charge is 2.30. The van der Waals surface area contributed by atoms with Crippen LogP contribution in [0, 0.1) is 0 Å². The normalized spacial score (nSPS) is 23.6. The van der Waals surface area contributed by atoms with Gasteiger partial charge in [-0.25, -0.2) is 0 Å². The minimum absolute atomic E-state index is 0.0333. The van der Waals surface area contributed by atoms with Crippen LogP contribution >= 0.6 is 11.6 Å². The third-order valence-electron chi connectivity index (χ3n) is 3.51. The van der Waals surface area contributed by atoms with Crippen molar-refractivity contribution in [1.29, 1.82) is 0 Å². The number of aromatic nitrogens is 2. The summed E-state index contributed by atoms with van der Waals surface area (Å²) in [5, 5.41) is 4.73. The maximum absolute atomic E-state index is 6.28. The van der Waals surface area contributed by atoms with Crippen LogP contribution in [-0.2, 0) is 11.8 Å². The van der Waals surface area contributed by atoms with E-state index in [0.717, 1.165) is 18.8 Å². The fourth-order valence-corrected chi connectivity index (χ4v) is 2.65. The SMILES string of the molecule is CC(C)N1CCOC(C(N)c2c(Cl)cnn2C)C1. The zero-order valence-electron chi connectivity index (χ0n) is 11.1. The first-order chi connectivity index (χ1) is 8.50. The van der Waals surface area contributed by atoms with Crippen molar-refractivity contribution in [2.75, 3.05) is 19.7 Å². The molecule has 2 N–H and O–H groups in total. The summed E-state index contributed by atoms with van der Waals surface area (Å²) in [6.45, 7) is 6.88. The van der Waals surface area contributed by atoms with Gasteiger partial charge < -0.3 is 10.5 Å². The molecule has 1 fully saturated rings. The molecular weight excluding hydrogens is 252 g/mol. The Bertz CT molecular complexity index is 387. The predicted molar refractivity (Wildman–Crippen MR) is 71.6 cm³/mol. The average Bonchev–Trinajstić information content (AvgIpc) is 2.68. The molecular formula is C12H21ClN4O. The molecule has 1 saturated heterocycles. The molecule has 0 spiro atoms. The minimum atomic E-state index is -0.244. The quantitative estimate of drug-likeness (QED) is 0.898. The van der Waals surface area contributed by atoms with Crippen LogP contribution in [0.15, 0.2) is 6.20 Å². The van der Waals surface area contributed by atoms with E-state index in [2.05, 4.69) is 23.8 Å². The second-order valence-electron chi connectivity index (χ2n) is 5.03. The molecule has 0 radical (unpaired) electrons. The van der Waals surface area contributed by atoms with Crippen molar-refractivity contribution in [1.82, 2.24) is 14.7 Å². The molecule has 0 aliphatic carbocycles. The lowest BCUT2D eigenvalue weighted by atomic mass is 10.1. The lowest BCUT2D eigenvalue weighted by Crippen LogP contribution is -2.49. The molecule has 2 unspecified atom stereocenters. The first-order valence-electron chi connectivity index (χ1n) is 6.29. The lowest BCUT2D eigenvalue weighted by molar-refractivity contribution is -0.0512. The first-order valence-corrected chi connectivity index (χ1v) is 6.67. The Morgan fingerprint density at radius 3 is 2.83 bits per heavy atom. The highest BCUT2D eigenvalue weighted by Crippen LogP contribution is 2.26. The average molecular weight is 273 g/mol. The largest absolute Gasteiger partial charge is 0.374 e.